The van der Waals surface area contributed by atoms with Gasteiger partial charge in [0.1, 0.15) is 0 Å². The summed E-state index contributed by atoms with van der Waals surface area (Å²) in [4.78, 5) is 12.1. The number of piperidine rings is 1. The van der Waals surface area contributed by atoms with Crippen molar-refractivity contribution in [2.75, 3.05) is 19.6 Å². The van der Waals surface area contributed by atoms with E-state index in [9.17, 15) is 13.2 Å². The van der Waals surface area contributed by atoms with E-state index in [1.54, 1.807) is 0 Å². The molecule has 1 saturated heterocycles. The molecule has 0 aromatic heterocycles. The number of carbonyl (C=O) groups excluding carboxylic acids is 1. The first-order chi connectivity index (χ1) is 9.38. The smallest absolute Gasteiger partial charge is 0.276 e. The maximum Gasteiger partial charge on any atom is 0.276 e. The van der Waals surface area contributed by atoms with E-state index in [1.165, 1.54) is 4.31 Å². The fraction of sp³-hybridized carbons (Fsp3) is 0.917. The molecule has 5 N–H and O–H groups in total. The van der Waals surface area contributed by atoms with Crippen molar-refractivity contribution in [1.82, 2.24) is 9.62 Å². The van der Waals surface area contributed by atoms with E-state index in [2.05, 4.69) is 12.2 Å². The number of amides is 1. The Morgan fingerprint density at radius 3 is 2.38 bits per heavy atom. The van der Waals surface area contributed by atoms with Crippen molar-refractivity contribution in [2.45, 2.75) is 45.1 Å². The van der Waals surface area contributed by atoms with Crippen LogP contribution in [-0.2, 0) is 15.0 Å². The minimum absolute atomic E-state index is 0. The van der Waals surface area contributed by atoms with Crippen LogP contribution in [0.3, 0.4) is 0 Å². The molecule has 1 rings (SSSR count). The van der Waals surface area contributed by atoms with Crippen molar-refractivity contribution in [1.29, 1.82) is 0 Å². The highest BCUT2D eigenvalue weighted by Gasteiger charge is 2.29. The summed E-state index contributed by atoms with van der Waals surface area (Å²) in [6.45, 7) is 3.14. The van der Waals surface area contributed by atoms with Gasteiger partial charge in [0, 0.05) is 31.6 Å². The summed E-state index contributed by atoms with van der Waals surface area (Å²) in [7, 11) is -3.63. The molecule has 0 spiro atoms. The van der Waals surface area contributed by atoms with E-state index in [4.69, 9.17) is 10.9 Å². The molecule has 1 aliphatic rings. The lowest BCUT2D eigenvalue weighted by Crippen LogP contribution is -2.48. The van der Waals surface area contributed by atoms with E-state index in [0.29, 0.717) is 32.5 Å². The van der Waals surface area contributed by atoms with Crippen LogP contribution in [-0.4, -0.2) is 44.3 Å². The second kappa shape index (κ2) is 9.58. The van der Waals surface area contributed by atoms with Crippen LogP contribution in [0.2, 0.25) is 0 Å². The third-order valence-corrected chi connectivity index (χ3v) is 4.81. The summed E-state index contributed by atoms with van der Waals surface area (Å²) < 4.78 is 23.6. The molecule has 0 saturated carbocycles. The molecule has 0 aromatic rings. The van der Waals surface area contributed by atoms with Gasteiger partial charge in [-0.05, 0) is 19.3 Å². The van der Waals surface area contributed by atoms with Crippen LogP contribution in [0.1, 0.15) is 39.0 Å². The van der Waals surface area contributed by atoms with Gasteiger partial charge in [-0.1, -0.05) is 19.8 Å². The molecule has 1 unspecified atom stereocenters. The van der Waals surface area contributed by atoms with Gasteiger partial charge in [0.25, 0.3) is 10.2 Å². The Balaban J connectivity index is 0.00000400. The first kappa shape index (κ1) is 20.6. The van der Waals surface area contributed by atoms with Gasteiger partial charge in [0.05, 0.1) is 0 Å². The van der Waals surface area contributed by atoms with Gasteiger partial charge >= 0.3 is 0 Å². The molecule has 0 bridgehead atoms. The number of unbranched alkanes of at least 4 members (excludes halogenated alkanes) is 1. The number of carbonyl (C=O) groups is 1. The maximum atomic E-state index is 12.1. The van der Waals surface area contributed by atoms with E-state index < -0.39 is 10.2 Å². The molecule has 0 aliphatic carbocycles. The number of nitrogens with one attached hydrogen (secondary N) is 1. The van der Waals surface area contributed by atoms with Crippen molar-refractivity contribution >= 4 is 28.5 Å². The molecule has 9 heteroatoms. The van der Waals surface area contributed by atoms with Gasteiger partial charge in [-0.15, -0.1) is 12.4 Å². The first-order valence-electron chi connectivity index (χ1n) is 7.16. The minimum Gasteiger partial charge on any atom is -0.352 e. The second-order valence-corrected chi connectivity index (χ2v) is 6.85. The zero-order valence-electron chi connectivity index (χ0n) is 12.5. The summed E-state index contributed by atoms with van der Waals surface area (Å²) in [6, 6.07) is 0.0127. The molecule has 1 aliphatic heterocycles. The molecule has 1 heterocycles. The molecule has 7 nitrogen and oxygen atoms in total. The van der Waals surface area contributed by atoms with Crippen LogP contribution in [0.4, 0.5) is 0 Å². The van der Waals surface area contributed by atoms with Gasteiger partial charge in [0.2, 0.25) is 5.91 Å². The van der Waals surface area contributed by atoms with Crippen LogP contribution in [0.25, 0.3) is 0 Å². The van der Waals surface area contributed by atoms with Gasteiger partial charge in [-0.25, -0.2) is 5.14 Å². The standard InChI is InChI=1S/C12H26N4O3S.ClH/c1-2-3-4-11(9-13)15-12(17)10-5-7-16(8-6-10)20(14,18)19;/h10-11H,2-9,13H2,1H3,(H,15,17)(H2,14,18,19);1H. The molecule has 1 fully saturated rings. The SMILES string of the molecule is CCCCC(CN)NC(=O)C1CCN(S(N)(=O)=O)CC1.Cl. The quantitative estimate of drug-likeness (QED) is 0.601. The van der Waals surface area contributed by atoms with Crippen LogP contribution in [0, 0.1) is 5.92 Å². The molecule has 1 amide bonds. The zero-order valence-corrected chi connectivity index (χ0v) is 14.1. The summed E-state index contributed by atoms with van der Waals surface area (Å²) in [5, 5.41) is 8.03. The third-order valence-electron chi connectivity index (χ3n) is 3.72. The largest absolute Gasteiger partial charge is 0.352 e. The molecule has 21 heavy (non-hydrogen) atoms. The second-order valence-electron chi connectivity index (χ2n) is 5.30. The molecule has 1 atom stereocenters. The van der Waals surface area contributed by atoms with Crippen molar-refractivity contribution < 1.29 is 13.2 Å². The lowest BCUT2D eigenvalue weighted by Gasteiger charge is -2.30. The predicted octanol–water partition coefficient (Wildman–Crippen LogP) is -0.0426. The van der Waals surface area contributed by atoms with E-state index in [1.807, 2.05) is 0 Å². The highest BCUT2D eigenvalue weighted by atomic mass is 35.5. The molecule has 0 radical (unpaired) electrons. The van der Waals surface area contributed by atoms with E-state index in [-0.39, 0.29) is 30.3 Å². The number of rotatable bonds is 7. The average Bonchev–Trinajstić information content (AvgIpc) is 2.42. The number of nitrogens with two attached hydrogens (primary N) is 2. The van der Waals surface area contributed by atoms with Gasteiger partial charge in [-0.3, -0.25) is 4.79 Å². The van der Waals surface area contributed by atoms with Crippen LogP contribution in [0.15, 0.2) is 0 Å². The van der Waals surface area contributed by atoms with Crippen molar-refractivity contribution in [3.63, 3.8) is 0 Å². The Labute approximate surface area is 133 Å². The first-order valence-corrected chi connectivity index (χ1v) is 8.67. The predicted molar refractivity (Wildman–Crippen MR) is 85.2 cm³/mol. The normalized spacial score (nSPS) is 18.8. The highest BCUT2D eigenvalue weighted by molar-refractivity contribution is 7.86. The van der Waals surface area contributed by atoms with Crippen molar-refractivity contribution in [3.05, 3.63) is 0 Å². The van der Waals surface area contributed by atoms with Gasteiger partial charge < -0.3 is 11.1 Å². The molecule has 126 valence electrons. The van der Waals surface area contributed by atoms with Gasteiger partial charge in [0.15, 0.2) is 0 Å². The van der Waals surface area contributed by atoms with Crippen LogP contribution in [0.5, 0.6) is 0 Å². The fourth-order valence-electron chi connectivity index (χ4n) is 2.39. The fourth-order valence-corrected chi connectivity index (χ4v) is 3.11. The van der Waals surface area contributed by atoms with E-state index in [0.717, 1.165) is 19.3 Å². The van der Waals surface area contributed by atoms with Crippen molar-refractivity contribution in [3.8, 4) is 0 Å². The molecular formula is C12H27ClN4O3S. The number of nitrogens with zero attached hydrogens (tertiary/aromatic N) is 1. The Morgan fingerprint density at radius 1 is 1.38 bits per heavy atom. The zero-order chi connectivity index (χ0) is 15.2. The highest BCUT2D eigenvalue weighted by Crippen LogP contribution is 2.19. The van der Waals surface area contributed by atoms with Gasteiger partial charge in [-0.2, -0.15) is 12.7 Å². The summed E-state index contributed by atoms with van der Waals surface area (Å²) >= 11 is 0. The number of hydrogen-bond acceptors (Lipinski definition) is 4. The topological polar surface area (TPSA) is 119 Å². The third kappa shape index (κ3) is 6.92. The van der Waals surface area contributed by atoms with E-state index >= 15 is 0 Å². The Hall–Kier alpha value is -0.410. The van der Waals surface area contributed by atoms with Crippen LogP contribution >= 0.6 is 12.4 Å². The molecule has 0 aromatic carbocycles. The number of halogens is 1. The summed E-state index contributed by atoms with van der Waals surface area (Å²) in [5.74, 6) is -0.172. The Morgan fingerprint density at radius 2 is 1.95 bits per heavy atom. The molecular weight excluding hydrogens is 316 g/mol. The number of hydrogen-bond donors (Lipinski definition) is 3. The Kier molecular flexibility index (Phi) is 9.39. The summed E-state index contributed by atoms with van der Waals surface area (Å²) in [6.07, 6.45) is 4.00. The minimum atomic E-state index is -3.63. The lowest BCUT2D eigenvalue weighted by atomic mass is 9.96. The monoisotopic (exact) mass is 342 g/mol. The maximum absolute atomic E-state index is 12.1. The lowest BCUT2D eigenvalue weighted by molar-refractivity contribution is -0.126. The average molecular weight is 343 g/mol. The van der Waals surface area contributed by atoms with Crippen molar-refractivity contribution in [2.24, 2.45) is 16.8 Å². The summed E-state index contributed by atoms with van der Waals surface area (Å²) in [5.41, 5.74) is 5.65. The Bertz CT molecular complexity index is 411. The van der Waals surface area contributed by atoms with Crippen LogP contribution < -0.4 is 16.2 Å².